The van der Waals surface area contributed by atoms with Crippen LogP contribution in [0.2, 0.25) is 0 Å². The molecule has 0 aromatic heterocycles. The Morgan fingerprint density at radius 2 is 2.00 bits per heavy atom. The molecule has 20 heavy (non-hydrogen) atoms. The molecule has 0 saturated carbocycles. The fourth-order valence-electron chi connectivity index (χ4n) is 2.48. The van der Waals surface area contributed by atoms with E-state index in [1.165, 1.54) is 7.11 Å². The number of ether oxygens (including phenoxy) is 4. The quantitative estimate of drug-likeness (QED) is 0.471. The highest BCUT2D eigenvalue weighted by molar-refractivity contribution is 5.95. The highest BCUT2D eigenvalue weighted by Crippen LogP contribution is 2.47. The average Bonchev–Trinajstić information content (AvgIpc) is 2.45. The van der Waals surface area contributed by atoms with Gasteiger partial charge in [-0.3, -0.25) is 19.2 Å². The van der Waals surface area contributed by atoms with Gasteiger partial charge in [-0.15, -0.1) is 0 Å². The van der Waals surface area contributed by atoms with Crippen molar-refractivity contribution >= 4 is 23.9 Å². The van der Waals surface area contributed by atoms with Crippen molar-refractivity contribution in [1.82, 2.24) is 0 Å². The zero-order chi connectivity index (χ0) is 14.9. The van der Waals surface area contributed by atoms with Gasteiger partial charge >= 0.3 is 23.9 Å². The second-order valence-corrected chi connectivity index (χ2v) is 4.72. The van der Waals surface area contributed by atoms with Crippen LogP contribution in [0.3, 0.4) is 0 Å². The fraction of sp³-hybridized carbons (Fsp3) is 0.667. The highest BCUT2D eigenvalue weighted by atomic mass is 16.6. The molecule has 0 N–H and O–H groups in total. The lowest BCUT2D eigenvalue weighted by atomic mass is 9.64. The summed E-state index contributed by atoms with van der Waals surface area (Å²) in [7, 11) is 2.32. The highest BCUT2D eigenvalue weighted by Gasteiger charge is 2.64. The third-order valence-electron chi connectivity index (χ3n) is 3.72. The third kappa shape index (κ3) is 2.00. The Kier molecular flexibility index (Phi) is 3.65. The van der Waals surface area contributed by atoms with Gasteiger partial charge in [0.15, 0.2) is 0 Å². The standard InChI is InChI=1S/C12H14O8/c1-17-7(13)3-12(5-20-11(12)16)8(10(15)18-2)6-4-19-9(6)14/h6,8H,3-5H2,1-2H3. The summed E-state index contributed by atoms with van der Waals surface area (Å²) in [6.45, 7) is -0.126. The van der Waals surface area contributed by atoms with E-state index in [1.807, 2.05) is 0 Å². The van der Waals surface area contributed by atoms with Crippen LogP contribution in [0.5, 0.6) is 0 Å². The molecule has 0 spiro atoms. The molecular weight excluding hydrogens is 272 g/mol. The molecule has 3 unspecified atom stereocenters. The predicted molar refractivity (Wildman–Crippen MR) is 60.0 cm³/mol. The summed E-state index contributed by atoms with van der Waals surface area (Å²) in [5, 5.41) is 0. The van der Waals surface area contributed by atoms with Crippen molar-refractivity contribution < 1.29 is 38.1 Å². The van der Waals surface area contributed by atoms with Gasteiger partial charge in [0.05, 0.1) is 26.6 Å². The van der Waals surface area contributed by atoms with Crippen LogP contribution in [0.1, 0.15) is 6.42 Å². The zero-order valence-corrected chi connectivity index (χ0v) is 11.0. The van der Waals surface area contributed by atoms with E-state index in [9.17, 15) is 19.2 Å². The van der Waals surface area contributed by atoms with E-state index in [2.05, 4.69) is 14.2 Å². The molecule has 0 radical (unpaired) electrons. The minimum atomic E-state index is -1.41. The van der Waals surface area contributed by atoms with Crippen molar-refractivity contribution in [2.75, 3.05) is 27.4 Å². The molecule has 0 aromatic rings. The number of carbonyl (C=O) groups excluding carboxylic acids is 4. The molecule has 110 valence electrons. The van der Waals surface area contributed by atoms with Crippen molar-refractivity contribution in [3.63, 3.8) is 0 Å². The SMILES string of the molecule is COC(=O)CC1(C(C(=O)OC)C2COC2=O)COC1=O. The molecule has 2 fully saturated rings. The lowest BCUT2D eigenvalue weighted by Crippen LogP contribution is -2.62. The lowest BCUT2D eigenvalue weighted by Gasteiger charge is -2.46. The van der Waals surface area contributed by atoms with Crippen LogP contribution in [-0.4, -0.2) is 51.3 Å². The molecular formula is C12H14O8. The summed E-state index contributed by atoms with van der Waals surface area (Å²) in [6, 6.07) is 0. The Labute approximate surface area is 114 Å². The molecule has 8 nitrogen and oxygen atoms in total. The molecule has 2 aliphatic rings. The van der Waals surface area contributed by atoms with E-state index < -0.39 is 41.1 Å². The largest absolute Gasteiger partial charge is 0.469 e. The number of esters is 4. The zero-order valence-electron chi connectivity index (χ0n) is 11.0. The first-order valence-electron chi connectivity index (χ1n) is 5.95. The van der Waals surface area contributed by atoms with Crippen molar-refractivity contribution in [1.29, 1.82) is 0 Å². The van der Waals surface area contributed by atoms with E-state index in [4.69, 9.17) is 4.74 Å². The van der Waals surface area contributed by atoms with Crippen molar-refractivity contribution in [3.8, 4) is 0 Å². The van der Waals surface area contributed by atoms with Crippen LogP contribution >= 0.6 is 0 Å². The van der Waals surface area contributed by atoms with Gasteiger partial charge in [0, 0.05) is 0 Å². The van der Waals surface area contributed by atoms with Gasteiger partial charge in [-0.25, -0.2) is 0 Å². The monoisotopic (exact) mass is 286 g/mol. The first kappa shape index (κ1) is 14.3. The van der Waals surface area contributed by atoms with Gasteiger partial charge < -0.3 is 18.9 Å². The molecule has 8 heteroatoms. The number of carbonyl (C=O) groups is 4. The van der Waals surface area contributed by atoms with Gasteiger partial charge in [-0.05, 0) is 0 Å². The van der Waals surface area contributed by atoms with Crippen LogP contribution in [0.4, 0.5) is 0 Å². The molecule has 0 bridgehead atoms. The van der Waals surface area contributed by atoms with E-state index >= 15 is 0 Å². The molecule has 2 aliphatic heterocycles. The van der Waals surface area contributed by atoms with Crippen LogP contribution in [0.15, 0.2) is 0 Å². The number of cyclic esters (lactones) is 2. The minimum Gasteiger partial charge on any atom is -0.469 e. The number of methoxy groups -OCH3 is 2. The number of hydrogen-bond acceptors (Lipinski definition) is 8. The van der Waals surface area contributed by atoms with Crippen molar-refractivity contribution in [2.24, 2.45) is 17.3 Å². The minimum absolute atomic E-state index is 0.00873. The lowest BCUT2D eigenvalue weighted by molar-refractivity contribution is -0.216. The van der Waals surface area contributed by atoms with Crippen LogP contribution in [0, 0.1) is 17.3 Å². The Hall–Kier alpha value is -2.12. The molecule has 3 atom stereocenters. The number of rotatable bonds is 5. The fourth-order valence-corrected chi connectivity index (χ4v) is 2.48. The third-order valence-corrected chi connectivity index (χ3v) is 3.72. The summed E-state index contributed by atoms with van der Waals surface area (Å²) in [5.41, 5.74) is -1.41. The first-order valence-corrected chi connectivity index (χ1v) is 5.95. The maximum absolute atomic E-state index is 12.0. The first-order chi connectivity index (χ1) is 9.46. The summed E-state index contributed by atoms with van der Waals surface area (Å²) in [6.07, 6.45) is -0.341. The van der Waals surface area contributed by atoms with Crippen molar-refractivity contribution in [2.45, 2.75) is 6.42 Å². The average molecular weight is 286 g/mol. The van der Waals surface area contributed by atoms with E-state index in [1.54, 1.807) is 0 Å². The summed E-state index contributed by atoms with van der Waals surface area (Å²) in [4.78, 5) is 46.7. The molecule has 0 amide bonds. The normalized spacial score (nSPS) is 29.2. The van der Waals surface area contributed by atoms with E-state index in [-0.39, 0.29) is 19.6 Å². The predicted octanol–water partition coefficient (Wildman–Crippen LogP) is -0.945. The maximum atomic E-state index is 12.0. The Balaban J connectivity index is 2.32. The second-order valence-electron chi connectivity index (χ2n) is 4.72. The smallest absolute Gasteiger partial charge is 0.317 e. The molecule has 0 aromatic carbocycles. The summed E-state index contributed by atoms with van der Waals surface area (Å²) >= 11 is 0. The van der Waals surface area contributed by atoms with E-state index in [0.717, 1.165) is 7.11 Å². The van der Waals surface area contributed by atoms with Crippen LogP contribution in [0.25, 0.3) is 0 Å². The van der Waals surface area contributed by atoms with Gasteiger partial charge in [0.25, 0.3) is 0 Å². The van der Waals surface area contributed by atoms with Crippen LogP contribution in [-0.2, 0) is 38.1 Å². The topological polar surface area (TPSA) is 105 Å². The maximum Gasteiger partial charge on any atom is 0.317 e. The van der Waals surface area contributed by atoms with Gasteiger partial charge in [-0.2, -0.15) is 0 Å². The molecule has 2 saturated heterocycles. The molecule has 2 heterocycles. The molecule has 2 rings (SSSR count). The van der Waals surface area contributed by atoms with Gasteiger partial charge in [0.1, 0.15) is 24.5 Å². The van der Waals surface area contributed by atoms with Crippen LogP contribution < -0.4 is 0 Å². The van der Waals surface area contributed by atoms with Gasteiger partial charge in [-0.1, -0.05) is 0 Å². The Bertz CT molecular complexity index is 470. The molecule has 0 aliphatic carbocycles. The Morgan fingerprint density at radius 3 is 2.30 bits per heavy atom. The van der Waals surface area contributed by atoms with E-state index in [0.29, 0.717) is 0 Å². The number of hydrogen-bond donors (Lipinski definition) is 0. The summed E-state index contributed by atoms with van der Waals surface area (Å²) in [5.74, 6) is -4.62. The second kappa shape index (κ2) is 5.10. The Morgan fingerprint density at radius 1 is 1.30 bits per heavy atom. The van der Waals surface area contributed by atoms with Crippen molar-refractivity contribution in [3.05, 3.63) is 0 Å². The summed E-state index contributed by atoms with van der Waals surface area (Å²) < 4.78 is 18.5. The van der Waals surface area contributed by atoms with Gasteiger partial charge in [0.2, 0.25) is 0 Å².